The number of para-hydroxylation sites is 1. The Morgan fingerprint density at radius 2 is 1.77 bits per heavy atom. The van der Waals surface area contributed by atoms with Gasteiger partial charge in [0.25, 0.3) is 0 Å². The minimum absolute atomic E-state index is 0.305. The van der Waals surface area contributed by atoms with E-state index in [0.29, 0.717) is 28.2 Å². The number of aromatic nitrogens is 2. The van der Waals surface area contributed by atoms with Crippen LogP contribution in [0.4, 0.5) is 27.9 Å². The fraction of sp³-hybridized carbons (Fsp3) is 0.227. The van der Waals surface area contributed by atoms with Crippen LogP contribution >= 0.6 is 11.6 Å². The molecule has 0 aliphatic carbocycles. The van der Waals surface area contributed by atoms with Gasteiger partial charge >= 0.3 is 6.03 Å². The molecular weight excluding hydrogens is 402 g/mol. The molecule has 2 aromatic carbocycles. The van der Waals surface area contributed by atoms with Gasteiger partial charge in [-0.3, -0.25) is 0 Å². The standard InChI is InChI=1S/C22H24ClN5O2/c1-15(22(2,3)30)25-20-24-14-13-19(27-20)28(18-7-5-4-6-8-18)21(29)26-17-11-9-16(23)10-12-17/h4-15,30H,1-3H3,(H,26,29)(H,24,25,27). The summed E-state index contributed by atoms with van der Waals surface area (Å²) in [6.07, 6.45) is 1.56. The molecule has 1 aromatic heterocycles. The minimum atomic E-state index is -0.968. The van der Waals surface area contributed by atoms with E-state index in [1.165, 1.54) is 4.90 Å². The fourth-order valence-electron chi connectivity index (χ4n) is 2.56. The first-order chi connectivity index (χ1) is 14.2. The number of halogens is 1. The maximum atomic E-state index is 13.2. The molecule has 30 heavy (non-hydrogen) atoms. The van der Waals surface area contributed by atoms with E-state index in [1.54, 1.807) is 50.4 Å². The van der Waals surface area contributed by atoms with Gasteiger partial charge in [0.05, 0.1) is 17.3 Å². The Kier molecular flexibility index (Phi) is 6.54. The van der Waals surface area contributed by atoms with Crippen molar-refractivity contribution in [3.8, 4) is 0 Å². The molecule has 0 saturated heterocycles. The van der Waals surface area contributed by atoms with Gasteiger partial charge in [-0.15, -0.1) is 0 Å². The number of urea groups is 1. The van der Waals surface area contributed by atoms with Gasteiger partial charge in [-0.2, -0.15) is 4.98 Å². The van der Waals surface area contributed by atoms with Crippen LogP contribution in [-0.4, -0.2) is 32.7 Å². The number of hydrogen-bond acceptors (Lipinski definition) is 5. The van der Waals surface area contributed by atoms with E-state index < -0.39 is 5.60 Å². The first kappa shape index (κ1) is 21.5. The van der Waals surface area contributed by atoms with E-state index in [-0.39, 0.29) is 12.1 Å². The smallest absolute Gasteiger partial charge is 0.332 e. The van der Waals surface area contributed by atoms with Crippen molar-refractivity contribution >= 4 is 40.8 Å². The Hall–Kier alpha value is -3.16. The zero-order valence-electron chi connectivity index (χ0n) is 17.0. The number of nitrogens with one attached hydrogen (secondary N) is 2. The third kappa shape index (κ3) is 5.46. The average Bonchev–Trinajstić information content (AvgIpc) is 2.70. The van der Waals surface area contributed by atoms with Crippen molar-refractivity contribution in [2.24, 2.45) is 0 Å². The number of nitrogens with zero attached hydrogens (tertiary/aromatic N) is 3. The Labute approximate surface area is 180 Å². The van der Waals surface area contributed by atoms with Gasteiger partial charge in [-0.1, -0.05) is 29.8 Å². The van der Waals surface area contributed by atoms with E-state index in [1.807, 2.05) is 37.3 Å². The molecule has 2 amide bonds. The molecule has 0 spiro atoms. The molecule has 0 saturated carbocycles. The van der Waals surface area contributed by atoms with Crippen molar-refractivity contribution in [2.75, 3.05) is 15.5 Å². The van der Waals surface area contributed by atoms with Crippen LogP contribution in [0.15, 0.2) is 66.9 Å². The molecule has 1 heterocycles. The van der Waals surface area contributed by atoms with Crippen LogP contribution in [-0.2, 0) is 0 Å². The van der Waals surface area contributed by atoms with Crippen molar-refractivity contribution in [3.05, 3.63) is 71.9 Å². The lowest BCUT2D eigenvalue weighted by molar-refractivity contribution is 0.0646. The first-order valence-electron chi connectivity index (χ1n) is 9.48. The van der Waals surface area contributed by atoms with Gasteiger partial charge in [0.2, 0.25) is 5.95 Å². The summed E-state index contributed by atoms with van der Waals surface area (Å²) in [6, 6.07) is 17.0. The summed E-state index contributed by atoms with van der Waals surface area (Å²) in [6.45, 7) is 5.23. The molecule has 0 fully saturated rings. The topological polar surface area (TPSA) is 90.4 Å². The van der Waals surface area contributed by atoms with Crippen molar-refractivity contribution in [1.82, 2.24) is 9.97 Å². The molecule has 3 N–H and O–H groups in total. The molecule has 3 aromatic rings. The number of amides is 2. The molecule has 1 unspecified atom stereocenters. The molecule has 0 aliphatic heterocycles. The van der Waals surface area contributed by atoms with E-state index in [0.717, 1.165) is 0 Å². The van der Waals surface area contributed by atoms with Crippen LogP contribution in [0.5, 0.6) is 0 Å². The SMILES string of the molecule is CC(Nc1nccc(N(C(=O)Nc2ccc(Cl)cc2)c2ccccc2)n1)C(C)(C)O. The highest BCUT2D eigenvalue weighted by molar-refractivity contribution is 6.30. The van der Waals surface area contributed by atoms with E-state index in [2.05, 4.69) is 20.6 Å². The summed E-state index contributed by atoms with van der Waals surface area (Å²) >= 11 is 5.93. The van der Waals surface area contributed by atoms with Crippen LogP contribution in [0.25, 0.3) is 0 Å². The Balaban J connectivity index is 1.92. The molecule has 156 valence electrons. The van der Waals surface area contributed by atoms with Crippen molar-refractivity contribution in [3.63, 3.8) is 0 Å². The highest BCUT2D eigenvalue weighted by atomic mass is 35.5. The highest BCUT2D eigenvalue weighted by Gasteiger charge is 2.24. The molecule has 8 heteroatoms. The van der Waals surface area contributed by atoms with Crippen molar-refractivity contribution in [1.29, 1.82) is 0 Å². The Bertz CT molecular complexity index is 990. The number of hydrogen-bond donors (Lipinski definition) is 3. The molecule has 0 bridgehead atoms. The predicted octanol–water partition coefficient (Wildman–Crippen LogP) is 5.07. The maximum absolute atomic E-state index is 13.2. The summed E-state index contributed by atoms with van der Waals surface area (Å²) < 4.78 is 0. The Morgan fingerprint density at radius 1 is 1.10 bits per heavy atom. The van der Waals surface area contributed by atoms with E-state index in [9.17, 15) is 9.90 Å². The summed E-state index contributed by atoms with van der Waals surface area (Å²) in [4.78, 5) is 23.3. The summed E-state index contributed by atoms with van der Waals surface area (Å²) in [5, 5.41) is 16.7. The molecule has 0 radical (unpaired) electrons. The second kappa shape index (κ2) is 9.11. The first-order valence-corrected chi connectivity index (χ1v) is 9.85. The van der Waals surface area contributed by atoms with Crippen molar-refractivity contribution in [2.45, 2.75) is 32.4 Å². The molecule has 7 nitrogen and oxygen atoms in total. The monoisotopic (exact) mass is 425 g/mol. The predicted molar refractivity (Wildman–Crippen MR) is 120 cm³/mol. The zero-order chi connectivity index (χ0) is 21.7. The fourth-order valence-corrected chi connectivity index (χ4v) is 2.68. The highest BCUT2D eigenvalue weighted by Crippen LogP contribution is 2.26. The van der Waals surface area contributed by atoms with Gasteiger partial charge in [0, 0.05) is 23.0 Å². The van der Waals surface area contributed by atoms with Gasteiger partial charge < -0.3 is 15.7 Å². The number of rotatable bonds is 6. The number of carbonyl (C=O) groups is 1. The van der Waals surface area contributed by atoms with Crippen molar-refractivity contribution < 1.29 is 9.90 Å². The number of carbonyl (C=O) groups excluding carboxylic acids is 1. The third-order valence-electron chi connectivity index (χ3n) is 4.59. The lowest BCUT2D eigenvalue weighted by atomic mass is 10.0. The minimum Gasteiger partial charge on any atom is -0.388 e. The van der Waals surface area contributed by atoms with Crippen LogP contribution in [0.3, 0.4) is 0 Å². The Morgan fingerprint density at radius 3 is 2.40 bits per heavy atom. The van der Waals surface area contributed by atoms with Gasteiger partial charge in [-0.05, 0) is 57.2 Å². The number of aliphatic hydroxyl groups is 1. The zero-order valence-corrected chi connectivity index (χ0v) is 17.8. The van der Waals surface area contributed by atoms with E-state index >= 15 is 0 Å². The number of benzene rings is 2. The lowest BCUT2D eigenvalue weighted by Crippen LogP contribution is -2.40. The third-order valence-corrected chi connectivity index (χ3v) is 4.84. The largest absolute Gasteiger partial charge is 0.388 e. The molecular formula is C22H24ClN5O2. The normalized spacial score (nSPS) is 12.2. The van der Waals surface area contributed by atoms with E-state index in [4.69, 9.17) is 11.6 Å². The summed E-state index contributed by atoms with van der Waals surface area (Å²) in [5.41, 5.74) is 0.280. The second-order valence-corrected chi connectivity index (χ2v) is 7.80. The lowest BCUT2D eigenvalue weighted by Gasteiger charge is -2.27. The van der Waals surface area contributed by atoms with Crippen LogP contribution in [0.1, 0.15) is 20.8 Å². The van der Waals surface area contributed by atoms with Gasteiger partial charge in [0.1, 0.15) is 5.82 Å². The quantitative estimate of drug-likeness (QED) is 0.512. The summed E-state index contributed by atoms with van der Waals surface area (Å²) in [7, 11) is 0. The molecule has 3 rings (SSSR count). The number of anilines is 4. The van der Waals surface area contributed by atoms with Gasteiger partial charge in [0.15, 0.2) is 0 Å². The van der Waals surface area contributed by atoms with Crippen LogP contribution in [0, 0.1) is 0 Å². The molecule has 0 aliphatic rings. The maximum Gasteiger partial charge on any atom is 0.332 e. The van der Waals surface area contributed by atoms with Crippen LogP contribution in [0.2, 0.25) is 5.02 Å². The van der Waals surface area contributed by atoms with Gasteiger partial charge in [-0.25, -0.2) is 14.7 Å². The van der Waals surface area contributed by atoms with Crippen LogP contribution < -0.4 is 15.5 Å². The second-order valence-electron chi connectivity index (χ2n) is 7.37. The molecule has 1 atom stereocenters. The average molecular weight is 426 g/mol. The summed E-state index contributed by atoms with van der Waals surface area (Å²) in [5.74, 6) is 0.690.